The zero-order chi connectivity index (χ0) is 17.3. The minimum absolute atomic E-state index is 0.661. The van der Waals surface area contributed by atoms with E-state index in [1.54, 1.807) is 7.11 Å². The highest BCUT2D eigenvalue weighted by Crippen LogP contribution is 2.09. The van der Waals surface area contributed by atoms with Crippen molar-refractivity contribution in [3.63, 3.8) is 0 Å². The molecule has 0 atom stereocenters. The third-order valence-corrected chi connectivity index (χ3v) is 4.31. The Kier molecular flexibility index (Phi) is 13.8. The first kappa shape index (κ1) is 21.2. The van der Waals surface area contributed by atoms with Crippen molar-refractivity contribution < 1.29 is 9.47 Å². The first-order chi connectivity index (χ1) is 11.9. The molecule has 0 bridgehead atoms. The second kappa shape index (κ2) is 15.7. The van der Waals surface area contributed by atoms with E-state index in [0.29, 0.717) is 13.2 Å². The van der Waals surface area contributed by atoms with E-state index in [2.05, 4.69) is 20.5 Å². The maximum absolute atomic E-state index is 5.44. The molecule has 0 radical (unpaired) electrons. The smallest absolute Gasteiger partial charge is 0.190 e. The summed E-state index contributed by atoms with van der Waals surface area (Å²) in [7, 11) is 3.51. The first-order valence-electron chi connectivity index (χ1n) is 9.60. The molecule has 0 aromatic rings. The highest BCUT2D eigenvalue weighted by Gasteiger charge is 2.08. The topological polar surface area (TPSA) is 58.1 Å². The van der Waals surface area contributed by atoms with Crippen LogP contribution < -0.4 is 10.6 Å². The van der Waals surface area contributed by atoms with Crippen LogP contribution in [0.15, 0.2) is 4.99 Å². The standard InChI is InChI=1S/C18H38N4O2/c1-19-18(21-11-9-15-24-17-16-23-2)20-10-5-3-6-12-22-13-7-4-8-14-22/h3-17H2,1-2H3,(H2,19,20,21). The monoisotopic (exact) mass is 342 g/mol. The third-order valence-electron chi connectivity index (χ3n) is 4.31. The van der Waals surface area contributed by atoms with Gasteiger partial charge in [-0.2, -0.15) is 0 Å². The van der Waals surface area contributed by atoms with Gasteiger partial charge < -0.3 is 25.0 Å². The van der Waals surface area contributed by atoms with Crippen molar-refractivity contribution in [2.24, 2.45) is 4.99 Å². The molecule has 6 nitrogen and oxygen atoms in total. The summed E-state index contributed by atoms with van der Waals surface area (Å²) in [6, 6.07) is 0. The van der Waals surface area contributed by atoms with Gasteiger partial charge in [0.1, 0.15) is 0 Å². The van der Waals surface area contributed by atoms with Gasteiger partial charge in [0.25, 0.3) is 0 Å². The van der Waals surface area contributed by atoms with Crippen molar-refractivity contribution >= 4 is 5.96 Å². The number of unbranched alkanes of at least 4 members (excludes halogenated alkanes) is 2. The van der Waals surface area contributed by atoms with Crippen molar-refractivity contribution in [3.8, 4) is 0 Å². The lowest BCUT2D eigenvalue weighted by molar-refractivity contribution is 0.0698. The maximum Gasteiger partial charge on any atom is 0.190 e. The number of hydrogen-bond donors (Lipinski definition) is 2. The molecule has 1 aliphatic rings. The van der Waals surface area contributed by atoms with Gasteiger partial charge in [-0.25, -0.2) is 0 Å². The molecule has 0 saturated carbocycles. The largest absolute Gasteiger partial charge is 0.382 e. The average Bonchev–Trinajstić information content (AvgIpc) is 2.63. The van der Waals surface area contributed by atoms with E-state index in [-0.39, 0.29) is 0 Å². The van der Waals surface area contributed by atoms with Crippen molar-refractivity contribution in [3.05, 3.63) is 0 Å². The van der Waals surface area contributed by atoms with Crippen LogP contribution in [0, 0.1) is 0 Å². The number of hydrogen-bond acceptors (Lipinski definition) is 4. The van der Waals surface area contributed by atoms with Crippen LogP contribution >= 0.6 is 0 Å². The minimum Gasteiger partial charge on any atom is -0.382 e. The molecule has 142 valence electrons. The van der Waals surface area contributed by atoms with E-state index in [4.69, 9.17) is 9.47 Å². The number of nitrogens with one attached hydrogen (secondary N) is 2. The fourth-order valence-corrected chi connectivity index (χ4v) is 2.87. The van der Waals surface area contributed by atoms with Crippen molar-refractivity contribution in [2.75, 3.05) is 66.7 Å². The Bertz CT molecular complexity index is 307. The van der Waals surface area contributed by atoms with Crippen molar-refractivity contribution in [2.45, 2.75) is 44.9 Å². The molecule has 0 aromatic carbocycles. The Morgan fingerprint density at radius 1 is 0.917 bits per heavy atom. The number of rotatable bonds is 13. The molecule has 1 heterocycles. The highest BCUT2D eigenvalue weighted by atomic mass is 16.5. The fourth-order valence-electron chi connectivity index (χ4n) is 2.87. The summed E-state index contributed by atoms with van der Waals surface area (Å²) in [5.41, 5.74) is 0. The van der Waals surface area contributed by atoms with Crippen LogP contribution in [0.3, 0.4) is 0 Å². The van der Waals surface area contributed by atoms with Crippen LogP contribution in [0.2, 0.25) is 0 Å². The number of aliphatic imine (C=N–C) groups is 1. The molecule has 1 aliphatic heterocycles. The van der Waals surface area contributed by atoms with E-state index in [9.17, 15) is 0 Å². The van der Waals surface area contributed by atoms with Gasteiger partial charge in [0, 0.05) is 33.9 Å². The number of nitrogens with zero attached hydrogens (tertiary/aromatic N) is 2. The zero-order valence-electron chi connectivity index (χ0n) is 15.8. The van der Waals surface area contributed by atoms with E-state index < -0.39 is 0 Å². The number of ether oxygens (including phenoxy) is 2. The fraction of sp³-hybridized carbons (Fsp3) is 0.944. The predicted molar refractivity (Wildman–Crippen MR) is 101 cm³/mol. The van der Waals surface area contributed by atoms with Crippen LogP contribution in [0.5, 0.6) is 0 Å². The zero-order valence-corrected chi connectivity index (χ0v) is 15.8. The highest BCUT2D eigenvalue weighted by molar-refractivity contribution is 5.79. The SMILES string of the molecule is CN=C(NCCCCCN1CCCCC1)NCCCOCCOC. The summed E-state index contributed by atoms with van der Waals surface area (Å²) >= 11 is 0. The van der Waals surface area contributed by atoms with Gasteiger partial charge in [-0.05, 0) is 51.7 Å². The van der Waals surface area contributed by atoms with Crippen LogP contribution in [-0.2, 0) is 9.47 Å². The predicted octanol–water partition coefficient (Wildman–Crippen LogP) is 1.86. The average molecular weight is 343 g/mol. The summed E-state index contributed by atoms with van der Waals surface area (Å²) in [4.78, 5) is 6.87. The Labute approximate surface area is 148 Å². The van der Waals surface area contributed by atoms with Gasteiger partial charge in [0.05, 0.1) is 13.2 Å². The first-order valence-corrected chi connectivity index (χ1v) is 9.60. The molecule has 2 N–H and O–H groups in total. The lowest BCUT2D eigenvalue weighted by atomic mass is 10.1. The molecule has 1 rings (SSSR count). The quantitative estimate of drug-likeness (QED) is 0.304. The van der Waals surface area contributed by atoms with Crippen LogP contribution in [0.4, 0.5) is 0 Å². The molecule has 6 heteroatoms. The summed E-state index contributed by atoms with van der Waals surface area (Å²) < 4.78 is 10.4. The van der Waals surface area contributed by atoms with Crippen molar-refractivity contribution in [1.29, 1.82) is 0 Å². The van der Waals surface area contributed by atoms with Gasteiger partial charge in [0.2, 0.25) is 0 Å². The molecule has 0 aromatic heterocycles. The van der Waals surface area contributed by atoms with Gasteiger partial charge in [-0.1, -0.05) is 12.8 Å². The summed E-state index contributed by atoms with van der Waals surface area (Å²) in [5, 5.41) is 6.71. The Morgan fingerprint density at radius 3 is 2.38 bits per heavy atom. The lowest BCUT2D eigenvalue weighted by Crippen LogP contribution is -2.38. The summed E-state index contributed by atoms with van der Waals surface area (Å²) in [6.45, 7) is 7.84. The molecule has 0 aliphatic carbocycles. The van der Waals surface area contributed by atoms with E-state index in [0.717, 1.165) is 32.1 Å². The van der Waals surface area contributed by atoms with E-state index >= 15 is 0 Å². The molecular weight excluding hydrogens is 304 g/mol. The normalized spacial score (nSPS) is 16.3. The maximum atomic E-state index is 5.44. The number of likely N-dealkylation sites (tertiary alicyclic amines) is 1. The molecular formula is C18H38N4O2. The summed E-state index contributed by atoms with van der Waals surface area (Å²) in [5.74, 6) is 0.892. The summed E-state index contributed by atoms with van der Waals surface area (Å²) in [6.07, 6.45) is 8.98. The molecule has 1 fully saturated rings. The van der Waals surface area contributed by atoms with E-state index in [1.807, 2.05) is 7.05 Å². The Hall–Kier alpha value is -0.850. The molecule has 0 amide bonds. The second-order valence-electron chi connectivity index (χ2n) is 6.35. The third kappa shape index (κ3) is 11.6. The van der Waals surface area contributed by atoms with Gasteiger partial charge >= 0.3 is 0 Å². The number of methoxy groups -OCH3 is 1. The Balaban J connectivity index is 1.88. The molecule has 1 saturated heterocycles. The van der Waals surface area contributed by atoms with E-state index in [1.165, 1.54) is 58.2 Å². The molecule has 0 unspecified atom stereocenters. The van der Waals surface area contributed by atoms with Crippen LogP contribution in [-0.4, -0.2) is 77.6 Å². The van der Waals surface area contributed by atoms with Crippen molar-refractivity contribution in [1.82, 2.24) is 15.5 Å². The van der Waals surface area contributed by atoms with Gasteiger partial charge in [0.15, 0.2) is 5.96 Å². The lowest BCUT2D eigenvalue weighted by Gasteiger charge is -2.26. The minimum atomic E-state index is 0.661. The second-order valence-corrected chi connectivity index (χ2v) is 6.35. The van der Waals surface area contributed by atoms with Gasteiger partial charge in [-0.3, -0.25) is 4.99 Å². The van der Waals surface area contributed by atoms with Crippen LogP contribution in [0.1, 0.15) is 44.9 Å². The Morgan fingerprint density at radius 2 is 1.67 bits per heavy atom. The molecule has 0 spiro atoms. The number of guanidine groups is 1. The van der Waals surface area contributed by atoms with Crippen LogP contribution in [0.25, 0.3) is 0 Å². The number of piperidine rings is 1. The molecule has 24 heavy (non-hydrogen) atoms. The van der Waals surface area contributed by atoms with Gasteiger partial charge in [-0.15, -0.1) is 0 Å².